The molecule has 3 nitrogen and oxygen atoms in total. The fraction of sp³-hybridized carbons (Fsp3) is 0.438. The molecule has 2 atom stereocenters. The summed E-state index contributed by atoms with van der Waals surface area (Å²) < 4.78 is 43.8. The Morgan fingerprint density at radius 3 is 2.65 bits per heavy atom. The Kier molecular flexibility index (Phi) is 5.41. The van der Waals surface area contributed by atoms with Gasteiger partial charge in [0.15, 0.2) is 5.78 Å². The zero-order chi connectivity index (χ0) is 17.2. The third kappa shape index (κ3) is 3.90. The molecular weight excluding hydrogens is 327 g/mol. The van der Waals surface area contributed by atoms with Gasteiger partial charge >= 0.3 is 6.18 Å². The van der Waals surface area contributed by atoms with E-state index in [0.717, 1.165) is 12.1 Å². The third-order valence-corrected chi connectivity index (χ3v) is 5.02. The number of nitrogens with one attached hydrogen (secondary N) is 1. The maximum absolute atomic E-state index is 12.9. The fourth-order valence-electron chi connectivity index (χ4n) is 2.39. The summed E-state index contributed by atoms with van der Waals surface area (Å²) in [5.41, 5.74) is -0.157. The highest BCUT2D eigenvalue weighted by Crippen LogP contribution is 2.41. The van der Waals surface area contributed by atoms with Gasteiger partial charge in [-0.1, -0.05) is 23.9 Å². The average Bonchev–Trinajstić information content (AvgIpc) is 2.82. The van der Waals surface area contributed by atoms with Gasteiger partial charge in [-0.2, -0.15) is 13.2 Å². The average molecular weight is 345 g/mol. The Morgan fingerprint density at radius 1 is 1.39 bits per heavy atom. The first-order valence-corrected chi connectivity index (χ1v) is 7.99. The molecule has 0 saturated heterocycles. The van der Waals surface area contributed by atoms with Gasteiger partial charge in [-0.15, -0.1) is 0 Å². The number of halogens is 3. The molecule has 0 amide bonds. The standard InChI is InChI=1S/C16H18F3NO2S/c1-9(22-3)7-12-14(21)13(15(20-2)23-12)10-5-4-6-11(8-10)16(17,18)19/h4-6,8-9,12,20H,7H2,1-3H3. The van der Waals surface area contributed by atoms with Crippen molar-refractivity contribution in [1.29, 1.82) is 0 Å². The first-order chi connectivity index (χ1) is 10.8. The highest BCUT2D eigenvalue weighted by atomic mass is 32.2. The van der Waals surface area contributed by atoms with E-state index in [-0.39, 0.29) is 22.7 Å². The van der Waals surface area contributed by atoms with Crippen LogP contribution in [0.1, 0.15) is 24.5 Å². The van der Waals surface area contributed by atoms with Gasteiger partial charge in [0.2, 0.25) is 0 Å². The summed E-state index contributed by atoms with van der Waals surface area (Å²) in [4.78, 5) is 12.6. The number of Topliss-reactive ketones (excluding diaryl/α,β-unsaturated/α-hetero) is 1. The number of allylic oxidation sites excluding steroid dienone is 1. The SMILES string of the molecule is CNC1=C(c2cccc(C(F)(F)F)c2)C(=O)C(CC(C)OC)S1. The van der Waals surface area contributed by atoms with Crippen LogP contribution in [0.15, 0.2) is 29.3 Å². The summed E-state index contributed by atoms with van der Waals surface area (Å²) >= 11 is 1.34. The molecule has 2 rings (SSSR count). The number of thioether (sulfide) groups is 1. The lowest BCUT2D eigenvalue weighted by Gasteiger charge is -2.14. The lowest BCUT2D eigenvalue weighted by Crippen LogP contribution is -2.20. The van der Waals surface area contributed by atoms with Gasteiger partial charge in [-0.25, -0.2) is 0 Å². The molecule has 23 heavy (non-hydrogen) atoms. The molecular formula is C16H18F3NO2S. The molecule has 1 aliphatic rings. The third-order valence-electron chi connectivity index (χ3n) is 3.68. The van der Waals surface area contributed by atoms with Crippen LogP contribution >= 0.6 is 11.8 Å². The molecule has 0 saturated carbocycles. The van der Waals surface area contributed by atoms with Crippen LogP contribution in [0.25, 0.3) is 5.57 Å². The Balaban J connectivity index is 2.35. The number of alkyl halides is 3. The number of methoxy groups -OCH3 is 1. The predicted molar refractivity (Wildman–Crippen MR) is 84.9 cm³/mol. The first-order valence-electron chi connectivity index (χ1n) is 7.11. The van der Waals surface area contributed by atoms with Crippen LogP contribution in [0.3, 0.4) is 0 Å². The lowest BCUT2D eigenvalue weighted by molar-refractivity contribution is -0.137. The Bertz CT molecular complexity index is 628. The van der Waals surface area contributed by atoms with E-state index in [4.69, 9.17) is 4.74 Å². The minimum atomic E-state index is -4.44. The van der Waals surface area contributed by atoms with Crippen molar-refractivity contribution in [2.45, 2.75) is 30.9 Å². The van der Waals surface area contributed by atoms with E-state index in [1.807, 2.05) is 6.92 Å². The van der Waals surface area contributed by atoms with Gasteiger partial charge in [0.05, 0.1) is 27.5 Å². The normalized spacial score (nSPS) is 20.1. The van der Waals surface area contributed by atoms with Gasteiger partial charge in [-0.05, 0) is 31.0 Å². The highest BCUT2D eigenvalue weighted by molar-refractivity contribution is 8.05. The van der Waals surface area contributed by atoms with E-state index >= 15 is 0 Å². The van der Waals surface area contributed by atoms with Crippen LogP contribution in [0.2, 0.25) is 0 Å². The van der Waals surface area contributed by atoms with Crippen LogP contribution in [0, 0.1) is 0 Å². The van der Waals surface area contributed by atoms with E-state index in [9.17, 15) is 18.0 Å². The van der Waals surface area contributed by atoms with E-state index < -0.39 is 11.7 Å². The van der Waals surface area contributed by atoms with Crippen molar-refractivity contribution < 1.29 is 22.7 Å². The molecule has 0 radical (unpaired) electrons. The van der Waals surface area contributed by atoms with Gasteiger partial charge in [0.25, 0.3) is 0 Å². The summed E-state index contributed by atoms with van der Waals surface area (Å²) in [5.74, 6) is -0.164. The van der Waals surface area contributed by atoms with Gasteiger partial charge in [-0.3, -0.25) is 4.79 Å². The fourth-order valence-corrected chi connectivity index (χ4v) is 3.72. The molecule has 7 heteroatoms. The number of ether oxygens (including phenoxy) is 1. The lowest BCUT2D eigenvalue weighted by atomic mass is 9.97. The Hall–Kier alpha value is -1.47. The summed E-state index contributed by atoms with van der Waals surface area (Å²) in [6.45, 7) is 1.86. The van der Waals surface area contributed by atoms with Crippen LogP contribution < -0.4 is 5.32 Å². The number of benzene rings is 1. The monoisotopic (exact) mass is 345 g/mol. The van der Waals surface area contributed by atoms with Crippen molar-refractivity contribution >= 4 is 23.1 Å². The first kappa shape index (κ1) is 17.9. The molecule has 1 aromatic carbocycles. The number of hydrogen-bond acceptors (Lipinski definition) is 4. The van der Waals surface area contributed by atoms with E-state index in [2.05, 4.69) is 5.32 Å². The predicted octanol–water partition coefficient (Wildman–Crippen LogP) is 3.70. The summed E-state index contributed by atoms with van der Waals surface area (Å²) in [6.07, 6.45) is -4.03. The maximum Gasteiger partial charge on any atom is 0.416 e. The largest absolute Gasteiger partial charge is 0.416 e. The minimum absolute atomic E-state index is 0.101. The number of carbonyl (C=O) groups is 1. The van der Waals surface area contributed by atoms with E-state index in [0.29, 0.717) is 17.0 Å². The van der Waals surface area contributed by atoms with Crippen LogP contribution in [-0.4, -0.2) is 31.3 Å². The van der Waals surface area contributed by atoms with E-state index in [1.165, 1.54) is 23.9 Å². The molecule has 2 unspecified atom stereocenters. The molecule has 1 aliphatic heterocycles. The second-order valence-electron chi connectivity index (χ2n) is 5.29. The van der Waals surface area contributed by atoms with Crippen molar-refractivity contribution in [2.75, 3.05) is 14.2 Å². The highest BCUT2D eigenvalue weighted by Gasteiger charge is 2.37. The molecule has 0 aliphatic carbocycles. The number of hydrogen-bond donors (Lipinski definition) is 1. The zero-order valence-electron chi connectivity index (χ0n) is 13.0. The van der Waals surface area contributed by atoms with Crippen LogP contribution in [0.4, 0.5) is 13.2 Å². The molecule has 1 heterocycles. The molecule has 0 aromatic heterocycles. The van der Waals surface area contributed by atoms with Gasteiger partial charge in [0, 0.05) is 14.2 Å². The van der Waals surface area contributed by atoms with Crippen molar-refractivity contribution in [3.63, 3.8) is 0 Å². The van der Waals surface area contributed by atoms with Crippen LogP contribution in [0.5, 0.6) is 0 Å². The van der Waals surface area contributed by atoms with Crippen LogP contribution in [-0.2, 0) is 15.7 Å². The summed E-state index contributed by atoms with van der Waals surface area (Å²) in [5, 5.41) is 3.17. The molecule has 0 fully saturated rings. The summed E-state index contributed by atoms with van der Waals surface area (Å²) in [6, 6.07) is 4.87. The molecule has 1 aromatic rings. The van der Waals surface area contributed by atoms with Crippen molar-refractivity contribution in [1.82, 2.24) is 5.32 Å². The van der Waals surface area contributed by atoms with Gasteiger partial charge < -0.3 is 10.1 Å². The maximum atomic E-state index is 12.9. The molecule has 0 bridgehead atoms. The molecule has 0 spiro atoms. The number of ketones is 1. The van der Waals surface area contributed by atoms with Crippen molar-refractivity contribution in [3.8, 4) is 0 Å². The topological polar surface area (TPSA) is 38.3 Å². The Labute approximate surface area is 137 Å². The van der Waals surface area contributed by atoms with Crippen molar-refractivity contribution in [3.05, 3.63) is 40.4 Å². The molecule has 1 N–H and O–H groups in total. The van der Waals surface area contributed by atoms with E-state index in [1.54, 1.807) is 14.2 Å². The number of rotatable bonds is 5. The van der Waals surface area contributed by atoms with Gasteiger partial charge in [0.1, 0.15) is 0 Å². The number of carbonyl (C=O) groups excluding carboxylic acids is 1. The minimum Gasteiger partial charge on any atom is -0.382 e. The van der Waals surface area contributed by atoms with Crippen molar-refractivity contribution in [2.24, 2.45) is 0 Å². The summed E-state index contributed by atoms with van der Waals surface area (Å²) in [7, 11) is 3.22. The smallest absolute Gasteiger partial charge is 0.382 e. The second kappa shape index (κ2) is 6.97. The molecule has 126 valence electrons. The Morgan fingerprint density at radius 2 is 2.09 bits per heavy atom. The zero-order valence-corrected chi connectivity index (χ0v) is 13.8. The second-order valence-corrected chi connectivity index (χ2v) is 6.50. The quantitative estimate of drug-likeness (QED) is 0.883.